The van der Waals surface area contributed by atoms with E-state index in [4.69, 9.17) is 4.52 Å². The molecular weight excluding hydrogens is 278 g/mol. The normalized spacial score (nSPS) is 18.8. The van der Waals surface area contributed by atoms with Crippen molar-refractivity contribution in [3.63, 3.8) is 0 Å². The van der Waals surface area contributed by atoms with Gasteiger partial charge in [-0.25, -0.2) is 4.98 Å². The Morgan fingerprint density at radius 2 is 2.23 bits per heavy atom. The van der Waals surface area contributed by atoms with Crippen LogP contribution < -0.4 is 4.90 Å². The number of aromatic nitrogens is 3. The third-order valence-corrected chi connectivity index (χ3v) is 4.07. The van der Waals surface area contributed by atoms with E-state index in [1.807, 2.05) is 31.1 Å². The van der Waals surface area contributed by atoms with Gasteiger partial charge >= 0.3 is 0 Å². The molecule has 3 rings (SSSR count). The van der Waals surface area contributed by atoms with Gasteiger partial charge in [-0.15, -0.1) is 0 Å². The Balaban J connectivity index is 1.78. The van der Waals surface area contributed by atoms with E-state index in [-0.39, 0.29) is 6.04 Å². The summed E-state index contributed by atoms with van der Waals surface area (Å²) in [6.07, 6.45) is 5.23. The smallest absolute Gasteiger partial charge is 0.244 e. The molecule has 118 valence electrons. The lowest BCUT2D eigenvalue weighted by Gasteiger charge is -2.20. The zero-order valence-electron chi connectivity index (χ0n) is 13.5. The molecule has 1 saturated heterocycles. The van der Waals surface area contributed by atoms with Crippen LogP contribution in [0.2, 0.25) is 0 Å². The van der Waals surface area contributed by atoms with Gasteiger partial charge in [-0.2, -0.15) is 4.98 Å². The minimum absolute atomic E-state index is 0.273. The summed E-state index contributed by atoms with van der Waals surface area (Å²) in [6, 6.07) is 4.22. The largest absolute Gasteiger partial charge is 0.363 e. The van der Waals surface area contributed by atoms with Crippen molar-refractivity contribution in [1.82, 2.24) is 20.0 Å². The second-order valence-corrected chi connectivity index (χ2v) is 5.95. The highest BCUT2D eigenvalue weighted by Crippen LogP contribution is 2.31. The van der Waals surface area contributed by atoms with Crippen molar-refractivity contribution in [1.29, 1.82) is 0 Å². The van der Waals surface area contributed by atoms with Crippen molar-refractivity contribution in [3.8, 4) is 11.4 Å². The van der Waals surface area contributed by atoms with Gasteiger partial charge in [0.1, 0.15) is 5.82 Å². The first kappa shape index (κ1) is 15.0. The van der Waals surface area contributed by atoms with Gasteiger partial charge in [0.05, 0.1) is 6.04 Å². The molecule has 1 aliphatic heterocycles. The van der Waals surface area contributed by atoms with Crippen LogP contribution in [0.4, 0.5) is 5.82 Å². The highest BCUT2D eigenvalue weighted by Gasteiger charge is 2.30. The van der Waals surface area contributed by atoms with E-state index in [1.54, 1.807) is 6.20 Å². The van der Waals surface area contributed by atoms with Crippen LogP contribution in [-0.4, -0.2) is 47.2 Å². The van der Waals surface area contributed by atoms with E-state index in [2.05, 4.69) is 26.9 Å². The van der Waals surface area contributed by atoms with Gasteiger partial charge in [-0.3, -0.25) is 4.90 Å². The van der Waals surface area contributed by atoms with Crippen LogP contribution in [0.25, 0.3) is 11.4 Å². The monoisotopic (exact) mass is 301 g/mol. The zero-order chi connectivity index (χ0) is 15.5. The molecule has 1 atom stereocenters. The first-order valence-corrected chi connectivity index (χ1v) is 7.90. The van der Waals surface area contributed by atoms with Gasteiger partial charge in [0, 0.05) is 25.9 Å². The van der Waals surface area contributed by atoms with E-state index in [1.165, 1.54) is 6.42 Å². The molecule has 0 aromatic carbocycles. The van der Waals surface area contributed by atoms with Crippen LogP contribution in [0.15, 0.2) is 22.9 Å². The van der Waals surface area contributed by atoms with Crippen molar-refractivity contribution >= 4 is 5.82 Å². The summed E-state index contributed by atoms with van der Waals surface area (Å²) in [5, 5.41) is 4.13. The molecule has 0 aliphatic carbocycles. The van der Waals surface area contributed by atoms with Crippen LogP contribution in [0.1, 0.15) is 38.1 Å². The Bertz CT molecular complexity index is 607. The van der Waals surface area contributed by atoms with Gasteiger partial charge in [0.2, 0.25) is 11.7 Å². The van der Waals surface area contributed by atoms with E-state index in [9.17, 15) is 0 Å². The standard InChI is InChI=1S/C16H23N5O/c1-4-9-21-10-5-6-13(21)16-18-15(19-22-16)12-7-8-14(17-11-12)20(2)3/h7-8,11,13H,4-6,9-10H2,1-3H3/t13-/m0/s1. The SMILES string of the molecule is CCCN1CCC[C@H]1c1nc(-c2ccc(N(C)C)nc2)no1. The summed E-state index contributed by atoms with van der Waals surface area (Å²) in [6.45, 7) is 4.41. The minimum Gasteiger partial charge on any atom is -0.363 e. The summed E-state index contributed by atoms with van der Waals surface area (Å²) >= 11 is 0. The Kier molecular flexibility index (Phi) is 4.38. The van der Waals surface area contributed by atoms with Gasteiger partial charge in [-0.1, -0.05) is 12.1 Å². The fourth-order valence-electron chi connectivity index (χ4n) is 2.93. The number of nitrogens with zero attached hydrogens (tertiary/aromatic N) is 5. The van der Waals surface area contributed by atoms with Crippen LogP contribution in [0.3, 0.4) is 0 Å². The third-order valence-electron chi connectivity index (χ3n) is 4.07. The van der Waals surface area contributed by atoms with Crippen molar-refractivity contribution in [3.05, 3.63) is 24.2 Å². The summed E-state index contributed by atoms with van der Waals surface area (Å²) in [5.41, 5.74) is 0.889. The van der Waals surface area contributed by atoms with Gasteiger partial charge in [0.15, 0.2) is 0 Å². The molecule has 0 bridgehead atoms. The van der Waals surface area contributed by atoms with Crippen LogP contribution in [0.5, 0.6) is 0 Å². The van der Waals surface area contributed by atoms with Crippen LogP contribution in [0, 0.1) is 0 Å². The fraction of sp³-hybridized carbons (Fsp3) is 0.562. The molecule has 1 fully saturated rings. The number of hydrogen-bond acceptors (Lipinski definition) is 6. The van der Waals surface area contributed by atoms with Crippen molar-refractivity contribution in [2.24, 2.45) is 0 Å². The maximum Gasteiger partial charge on any atom is 0.244 e. The Morgan fingerprint density at radius 3 is 2.91 bits per heavy atom. The molecule has 22 heavy (non-hydrogen) atoms. The second-order valence-electron chi connectivity index (χ2n) is 5.95. The van der Waals surface area contributed by atoms with E-state index < -0.39 is 0 Å². The second kappa shape index (κ2) is 6.44. The molecule has 0 amide bonds. The quantitative estimate of drug-likeness (QED) is 0.846. The lowest BCUT2D eigenvalue weighted by molar-refractivity contribution is 0.208. The fourth-order valence-corrected chi connectivity index (χ4v) is 2.93. The van der Waals surface area contributed by atoms with Gasteiger partial charge in [-0.05, 0) is 44.5 Å². The van der Waals surface area contributed by atoms with Crippen molar-refractivity contribution in [2.45, 2.75) is 32.2 Å². The molecule has 6 heteroatoms. The van der Waals surface area contributed by atoms with Crippen molar-refractivity contribution in [2.75, 3.05) is 32.1 Å². The van der Waals surface area contributed by atoms with E-state index >= 15 is 0 Å². The van der Waals surface area contributed by atoms with Gasteiger partial charge in [0.25, 0.3) is 0 Å². The minimum atomic E-state index is 0.273. The third kappa shape index (κ3) is 2.97. The molecule has 6 nitrogen and oxygen atoms in total. The lowest BCUT2D eigenvalue weighted by atomic mass is 10.2. The molecule has 0 unspecified atom stereocenters. The molecule has 2 aromatic heterocycles. The van der Waals surface area contributed by atoms with Crippen LogP contribution >= 0.6 is 0 Å². The van der Waals surface area contributed by atoms with Crippen LogP contribution in [-0.2, 0) is 0 Å². The Hall–Kier alpha value is -1.95. The van der Waals surface area contributed by atoms with Gasteiger partial charge < -0.3 is 9.42 Å². The molecular formula is C16H23N5O. The predicted molar refractivity (Wildman–Crippen MR) is 85.7 cm³/mol. The Labute approximate surface area is 131 Å². The first-order valence-electron chi connectivity index (χ1n) is 7.90. The first-order chi connectivity index (χ1) is 10.7. The molecule has 0 radical (unpaired) electrons. The molecule has 0 saturated carbocycles. The average molecular weight is 301 g/mol. The summed E-state index contributed by atoms with van der Waals surface area (Å²) < 4.78 is 5.52. The Morgan fingerprint density at radius 1 is 1.36 bits per heavy atom. The summed E-state index contributed by atoms with van der Waals surface area (Å²) in [4.78, 5) is 13.4. The summed E-state index contributed by atoms with van der Waals surface area (Å²) in [7, 11) is 3.94. The number of likely N-dealkylation sites (tertiary alicyclic amines) is 1. The molecule has 3 heterocycles. The molecule has 0 spiro atoms. The highest BCUT2D eigenvalue weighted by molar-refractivity contribution is 5.55. The number of anilines is 1. The molecule has 1 aliphatic rings. The van der Waals surface area contributed by atoms with Crippen molar-refractivity contribution < 1.29 is 4.52 Å². The number of hydrogen-bond donors (Lipinski definition) is 0. The summed E-state index contributed by atoms with van der Waals surface area (Å²) in [5.74, 6) is 2.27. The number of pyridine rings is 1. The highest BCUT2D eigenvalue weighted by atomic mass is 16.5. The zero-order valence-corrected chi connectivity index (χ0v) is 13.5. The van der Waals surface area contributed by atoms with E-state index in [0.29, 0.717) is 5.82 Å². The predicted octanol–water partition coefficient (Wildman–Crippen LogP) is 2.74. The number of rotatable bonds is 5. The molecule has 2 aromatic rings. The average Bonchev–Trinajstić information content (AvgIpc) is 3.16. The molecule has 0 N–H and O–H groups in total. The maximum absolute atomic E-state index is 5.52. The van der Waals surface area contributed by atoms with E-state index in [0.717, 1.165) is 43.2 Å². The maximum atomic E-state index is 5.52. The topological polar surface area (TPSA) is 58.3 Å². The lowest BCUT2D eigenvalue weighted by Crippen LogP contribution is -2.24.